The van der Waals surface area contributed by atoms with Crippen molar-refractivity contribution in [3.05, 3.63) is 41.7 Å². The highest BCUT2D eigenvalue weighted by atomic mass is 35.5. The minimum absolute atomic E-state index is 0.304. The van der Waals surface area contributed by atoms with Gasteiger partial charge in [0.25, 0.3) is 0 Å². The molecule has 0 saturated heterocycles. The van der Waals surface area contributed by atoms with Gasteiger partial charge in [0.1, 0.15) is 5.82 Å². The molecule has 1 aromatic rings. The minimum Gasteiger partial charge on any atom is -0.384 e. The maximum Gasteiger partial charge on any atom is 0.124 e. The van der Waals surface area contributed by atoms with Crippen LogP contribution >= 0.6 is 11.6 Å². The third kappa shape index (κ3) is 4.67. The Morgan fingerprint density at radius 3 is 2.81 bits per heavy atom. The SMILES string of the molecule is C=CCCCCCNc1ccc(F)cc1Cl. The number of unbranched alkanes of at least 4 members (excludes halogenated alkanes) is 3. The van der Waals surface area contributed by atoms with Gasteiger partial charge in [0.15, 0.2) is 0 Å². The molecule has 1 rings (SSSR count). The molecule has 0 spiro atoms. The first-order chi connectivity index (χ1) is 7.74. The number of hydrogen-bond acceptors (Lipinski definition) is 1. The first kappa shape index (κ1) is 13.0. The highest BCUT2D eigenvalue weighted by Crippen LogP contribution is 2.22. The van der Waals surface area contributed by atoms with E-state index in [0.29, 0.717) is 5.02 Å². The Balaban J connectivity index is 2.24. The summed E-state index contributed by atoms with van der Waals surface area (Å²) >= 11 is 5.88. The molecule has 1 N–H and O–H groups in total. The van der Waals surface area contributed by atoms with Crippen LogP contribution in [0.25, 0.3) is 0 Å². The van der Waals surface area contributed by atoms with Crippen molar-refractivity contribution in [3.8, 4) is 0 Å². The molecule has 0 atom stereocenters. The number of anilines is 1. The van der Waals surface area contributed by atoms with E-state index in [4.69, 9.17) is 11.6 Å². The normalized spacial score (nSPS) is 10.1. The average molecular weight is 242 g/mol. The lowest BCUT2D eigenvalue weighted by Crippen LogP contribution is -2.01. The second-order valence-corrected chi connectivity index (χ2v) is 4.10. The second-order valence-electron chi connectivity index (χ2n) is 3.69. The van der Waals surface area contributed by atoms with Crippen molar-refractivity contribution < 1.29 is 4.39 Å². The summed E-state index contributed by atoms with van der Waals surface area (Å²) in [5, 5.41) is 3.63. The fourth-order valence-corrected chi connectivity index (χ4v) is 1.68. The molecule has 0 aromatic heterocycles. The van der Waals surface area contributed by atoms with Crippen molar-refractivity contribution in [2.45, 2.75) is 25.7 Å². The summed E-state index contributed by atoms with van der Waals surface area (Å²) in [4.78, 5) is 0. The lowest BCUT2D eigenvalue weighted by Gasteiger charge is -2.07. The van der Waals surface area contributed by atoms with Gasteiger partial charge in [0, 0.05) is 6.54 Å². The van der Waals surface area contributed by atoms with Gasteiger partial charge in [-0.2, -0.15) is 0 Å². The van der Waals surface area contributed by atoms with Crippen molar-refractivity contribution in [2.75, 3.05) is 11.9 Å². The van der Waals surface area contributed by atoms with Crippen molar-refractivity contribution in [1.82, 2.24) is 0 Å². The zero-order valence-electron chi connectivity index (χ0n) is 9.31. The molecule has 1 nitrogen and oxygen atoms in total. The maximum atomic E-state index is 12.8. The van der Waals surface area contributed by atoms with Gasteiger partial charge in [-0.15, -0.1) is 6.58 Å². The van der Waals surface area contributed by atoms with Gasteiger partial charge in [-0.05, 0) is 37.5 Å². The molecule has 88 valence electrons. The second kappa shape index (κ2) is 7.29. The average Bonchev–Trinajstić information content (AvgIpc) is 2.26. The Hall–Kier alpha value is -1.02. The van der Waals surface area contributed by atoms with Crippen molar-refractivity contribution in [2.24, 2.45) is 0 Å². The summed E-state index contributed by atoms with van der Waals surface area (Å²) in [6.07, 6.45) is 6.42. The highest BCUT2D eigenvalue weighted by Gasteiger charge is 2.00. The molecule has 0 fully saturated rings. The van der Waals surface area contributed by atoms with Crippen LogP contribution in [0.5, 0.6) is 0 Å². The van der Waals surface area contributed by atoms with Crippen molar-refractivity contribution >= 4 is 17.3 Å². The molecular formula is C13H17ClFN. The van der Waals surface area contributed by atoms with E-state index in [-0.39, 0.29) is 5.82 Å². The van der Waals surface area contributed by atoms with Crippen LogP contribution in [-0.4, -0.2) is 6.54 Å². The minimum atomic E-state index is -0.304. The van der Waals surface area contributed by atoms with Crippen LogP contribution in [0.3, 0.4) is 0 Å². The number of rotatable bonds is 7. The van der Waals surface area contributed by atoms with Crippen LogP contribution < -0.4 is 5.32 Å². The molecule has 0 amide bonds. The number of hydrogen-bond donors (Lipinski definition) is 1. The molecule has 0 aliphatic heterocycles. The third-order valence-electron chi connectivity index (χ3n) is 2.33. The van der Waals surface area contributed by atoms with E-state index in [0.717, 1.165) is 31.5 Å². The van der Waals surface area contributed by atoms with Gasteiger partial charge in [-0.3, -0.25) is 0 Å². The molecule has 16 heavy (non-hydrogen) atoms. The van der Waals surface area contributed by atoms with Gasteiger partial charge in [0.05, 0.1) is 10.7 Å². The molecule has 0 unspecified atom stereocenters. The zero-order chi connectivity index (χ0) is 11.8. The lowest BCUT2D eigenvalue weighted by molar-refractivity contribution is 0.628. The van der Waals surface area contributed by atoms with E-state index in [1.54, 1.807) is 6.07 Å². The van der Waals surface area contributed by atoms with Gasteiger partial charge in [0.2, 0.25) is 0 Å². The smallest absolute Gasteiger partial charge is 0.124 e. The Morgan fingerprint density at radius 1 is 1.31 bits per heavy atom. The molecule has 0 saturated carbocycles. The van der Waals surface area contributed by atoms with Gasteiger partial charge in [-0.1, -0.05) is 24.1 Å². The van der Waals surface area contributed by atoms with E-state index in [9.17, 15) is 4.39 Å². The third-order valence-corrected chi connectivity index (χ3v) is 2.64. The molecule has 0 bridgehead atoms. The molecule has 0 radical (unpaired) electrons. The molecule has 0 aliphatic carbocycles. The largest absolute Gasteiger partial charge is 0.384 e. The predicted molar refractivity (Wildman–Crippen MR) is 68.6 cm³/mol. The van der Waals surface area contributed by atoms with Crippen LogP contribution in [-0.2, 0) is 0 Å². The number of nitrogens with one attached hydrogen (secondary N) is 1. The maximum absolute atomic E-state index is 12.8. The molecule has 1 aromatic carbocycles. The quantitative estimate of drug-likeness (QED) is 0.542. The van der Waals surface area contributed by atoms with E-state index in [1.807, 2.05) is 6.08 Å². The van der Waals surface area contributed by atoms with Gasteiger partial charge in [-0.25, -0.2) is 4.39 Å². The van der Waals surface area contributed by atoms with Crippen LogP contribution in [0.1, 0.15) is 25.7 Å². The standard InChI is InChI=1S/C13H17ClFN/c1-2-3-4-5-6-9-16-13-8-7-11(15)10-12(13)14/h2,7-8,10,16H,1,3-6,9H2. The first-order valence-corrected chi connectivity index (χ1v) is 5.91. The number of halogens is 2. The Labute approximate surface area is 101 Å². The van der Waals surface area contributed by atoms with Gasteiger partial charge < -0.3 is 5.32 Å². The Bertz CT molecular complexity index is 339. The van der Waals surface area contributed by atoms with Crippen LogP contribution in [0.2, 0.25) is 5.02 Å². The zero-order valence-corrected chi connectivity index (χ0v) is 10.1. The Morgan fingerprint density at radius 2 is 2.12 bits per heavy atom. The van der Waals surface area contributed by atoms with E-state index >= 15 is 0 Å². The molecule has 3 heteroatoms. The fraction of sp³-hybridized carbons (Fsp3) is 0.385. The van der Waals surface area contributed by atoms with Gasteiger partial charge >= 0.3 is 0 Å². The van der Waals surface area contributed by atoms with E-state index < -0.39 is 0 Å². The predicted octanol–water partition coefficient (Wildman–Crippen LogP) is 4.64. The monoisotopic (exact) mass is 241 g/mol. The van der Waals surface area contributed by atoms with Crippen molar-refractivity contribution in [1.29, 1.82) is 0 Å². The summed E-state index contributed by atoms with van der Waals surface area (Å²) in [6, 6.07) is 4.40. The molecule has 0 heterocycles. The highest BCUT2D eigenvalue weighted by molar-refractivity contribution is 6.33. The molecular weight excluding hydrogens is 225 g/mol. The fourth-order valence-electron chi connectivity index (χ4n) is 1.45. The summed E-state index contributed by atoms with van der Waals surface area (Å²) in [5.41, 5.74) is 0.798. The summed E-state index contributed by atoms with van der Waals surface area (Å²) in [5.74, 6) is -0.304. The summed E-state index contributed by atoms with van der Waals surface area (Å²) in [6.45, 7) is 4.54. The van der Waals surface area contributed by atoms with Crippen molar-refractivity contribution in [3.63, 3.8) is 0 Å². The summed E-state index contributed by atoms with van der Waals surface area (Å²) < 4.78 is 12.8. The van der Waals surface area contributed by atoms with Crippen LogP contribution in [0.4, 0.5) is 10.1 Å². The van der Waals surface area contributed by atoms with E-state index in [2.05, 4.69) is 11.9 Å². The van der Waals surface area contributed by atoms with Crippen LogP contribution in [0, 0.1) is 5.82 Å². The number of allylic oxidation sites excluding steroid dienone is 1. The topological polar surface area (TPSA) is 12.0 Å². The van der Waals surface area contributed by atoms with Crippen LogP contribution in [0.15, 0.2) is 30.9 Å². The number of benzene rings is 1. The van der Waals surface area contributed by atoms with E-state index in [1.165, 1.54) is 18.6 Å². The molecule has 0 aliphatic rings. The Kier molecular flexibility index (Phi) is 5.94. The lowest BCUT2D eigenvalue weighted by atomic mass is 10.2. The first-order valence-electron chi connectivity index (χ1n) is 5.54. The summed E-state index contributed by atoms with van der Waals surface area (Å²) in [7, 11) is 0.